The van der Waals surface area contributed by atoms with Crippen LogP contribution in [0.5, 0.6) is 0 Å². The number of carbonyl (C=O) groups is 1. The van der Waals surface area contributed by atoms with Gasteiger partial charge in [-0.3, -0.25) is 0 Å². The van der Waals surface area contributed by atoms with E-state index in [0.29, 0.717) is 12.3 Å². The van der Waals surface area contributed by atoms with Crippen molar-refractivity contribution >= 4 is 28.9 Å². The topological polar surface area (TPSA) is 62.5 Å². The third kappa shape index (κ3) is 3.35. The van der Waals surface area contributed by atoms with Crippen LogP contribution in [0.2, 0.25) is 4.34 Å². The second-order valence-corrected chi connectivity index (χ2v) is 5.49. The number of nitrogens with one attached hydrogen (secondary N) is 1. The molecule has 96 valence electrons. The lowest BCUT2D eigenvalue weighted by Gasteiger charge is -2.02. The summed E-state index contributed by atoms with van der Waals surface area (Å²) >= 11 is 7.38. The van der Waals surface area contributed by atoms with Crippen molar-refractivity contribution in [2.45, 2.75) is 13.0 Å². The molecule has 2 rings (SSSR count). The van der Waals surface area contributed by atoms with Crippen molar-refractivity contribution in [3.05, 3.63) is 45.0 Å². The molecule has 0 radical (unpaired) electrons. The molecule has 0 unspecified atom stereocenters. The first-order valence-electron chi connectivity index (χ1n) is 5.41. The molecular weight excluding hydrogens is 274 g/mol. The van der Waals surface area contributed by atoms with Crippen LogP contribution in [0.1, 0.15) is 21.0 Å². The van der Waals surface area contributed by atoms with Gasteiger partial charge in [0, 0.05) is 11.4 Å². The molecule has 6 heteroatoms. The van der Waals surface area contributed by atoms with Crippen molar-refractivity contribution < 1.29 is 14.3 Å². The highest BCUT2D eigenvalue weighted by Gasteiger charge is 2.12. The number of rotatable bonds is 6. The summed E-state index contributed by atoms with van der Waals surface area (Å²) in [5.41, 5.74) is 0.210. The summed E-state index contributed by atoms with van der Waals surface area (Å²) in [6.45, 7) is 1.16. The van der Waals surface area contributed by atoms with E-state index < -0.39 is 5.97 Å². The lowest BCUT2D eigenvalue weighted by molar-refractivity contribution is 0.0694. The van der Waals surface area contributed by atoms with Gasteiger partial charge in [0.15, 0.2) is 0 Å². The molecule has 0 atom stereocenters. The van der Waals surface area contributed by atoms with Gasteiger partial charge >= 0.3 is 5.97 Å². The van der Waals surface area contributed by atoms with E-state index in [1.54, 1.807) is 11.3 Å². The molecule has 18 heavy (non-hydrogen) atoms. The van der Waals surface area contributed by atoms with Crippen molar-refractivity contribution in [3.63, 3.8) is 0 Å². The molecule has 0 fully saturated rings. The minimum absolute atomic E-state index is 0.210. The van der Waals surface area contributed by atoms with Crippen LogP contribution >= 0.6 is 22.9 Å². The second-order valence-electron chi connectivity index (χ2n) is 3.70. The maximum Gasteiger partial charge on any atom is 0.339 e. The third-order valence-corrected chi connectivity index (χ3v) is 3.73. The molecular formula is C12H12ClNO3S. The van der Waals surface area contributed by atoms with Gasteiger partial charge in [-0.1, -0.05) is 11.6 Å². The molecule has 0 amide bonds. The maximum absolute atomic E-state index is 10.8. The van der Waals surface area contributed by atoms with Crippen LogP contribution in [-0.2, 0) is 13.0 Å². The number of carboxylic acid groups (broad SMARTS) is 1. The fourth-order valence-electron chi connectivity index (χ4n) is 1.57. The summed E-state index contributed by atoms with van der Waals surface area (Å²) in [6, 6.07) is 5.32. The minimum atomic E-state index is -0.967. The Morgan fingerprint density at radius 3 is 2.94 bits per heavy atom. The molecule has 2 heterocycles. The first-order chi connectivity index (χ1) is 8.66. The van der Waals surface area contributed by atoms with E-state index in [0.717, 1.165) is 17.3 Å². The fourth-order valence-corrected chi connectivity index (χ4v) is 2.65. The zero-order valence-corrected chi connectivity index (χ0v) is 11.1. The standard InChI is InChI=1S/C12H12ClNO3S/c13-11-2-1-8(18-11)3-5-14-7-10-9(12(15)16)4-6-17-10/h1-2,4,6,14H,3,5,7H2,(H,15,16). The van der Waals surface area contributed by atoms with Crippen LogP contribution in [0, 0.1) is 0 Å². The van der Waals surface area contributed by atoms with Gasteiger partial charge in [-0.15, -0.1) is 11.3 Å². The normalized spacial score (nSPS) is 10.7. The number of thiophene rings is 1. The van der Waals surface area contributed by atoms with E-state index in [4.69, 9.17) is 21.1 Å². The number of hydrogen-bond acceptors (Lipinski definition) is 4. The molecule has 0 aliphatic carbocycles. The van der Waals surface area contributed by atoms with E-state index in [9.17, 15) is 4.79 Å². The molecule has 0 bridgehead atoms. The molecule has 0 saturated carbocycles. The first-order valence-corrected chi connectivity index (χ1v) is 6.61. The molecule has 0 spiro atoms. The summed E-state index contributed by atoms with van der Waals surface area (Å²) in [5.74, 6) is -0.516. The summed E-state index contributed by atoms with van der Waals surface area (Å²) in [5, 5.41) is 12.0. The summed E-state index contributed by atoms with van der Waals surface area (Å²) in [4.78, 5) is 12.0. The zero-order chi connectivity index (χ0) is 13.0. The lowest BCUT2D eigenvalue weighted by atomic mass is 10.2. The minimum Gasteiger partial charge on any atom is -0.478 e. The Kier molecular flexibility index (Phi) is 4.41. The number of carboxylic acids is 1. The van der Waals surface area contributed by atoms with Crippen LogP contribution in [0.15, 0.2) is 28.9 Å². The number of halogens is 1. The molecule has 0 aliphatic heterocycles. The van der Waals surface area contributed by atoms with Crippen LogP contribution in [-0.4, -0.2) is 17.6 Å². The Balaban J connectivity index is 1.78. The third-order valence-electron chi connectivity index (χ3n) is 2.44. The Bertz CT molecular complexity index is 535. The van der Waals surface area contributed by atoms with E-state index in [-0.39, 0.29) is 5.56 Å². The molecule has 0 aliphatic rings. The summed E-state index contributed by atoms with van der Waals surface area (Å²) in [7, 11) is 0. The average molecular weight is 286 g/mol. The Morgan fingerprint density at radius 2 is 2.28 bits per heavy atom. The van der Waals surface area contributed by atoms with Gasteiger partial charge in [0.1, 0.15) is 11.3 Å². The van der Waals surface area contributed by atoms with E-state index in [2.05, 4.69) is 5.32 Å². The van der Waals surface area contributed by atoms with Crippen LogP contribution < -0.4 is 5.32 Å². The largest absolute Gasteiger partial charge is 0.478 e. The predicted molar refractivity (Wildman–Crippen MR) is 70.4 cm³/mol. The Labute approximate surface area is 113 Å². The maximum atomic E-state index is 10.8. The van der Waals surface area contributed by atoms with Crippen molar-refractivity contribution in [2.24, 2.45) is 0 Å². The van der Waals surface area contributed by atoms with E-state index in [1.807, 2.05) is 12.1 Å². The Hall–Kier alpha value is -1.30. The van der Waals surface area contributed by atoms with E-state index in [1.165, 1.54) is 17.2 Å². The number of furan rings is 1. The number of hydrogen-bond donors (Lipinski definition) is 2. The highest BCUT2D eigenvalue weighted by atomic mass is 35.5. The molecule has 2 aromatic heterocycles. The average Bonchev–Trinajstić information content (AvgIpc) is 2.93. The molecule has 0 aromatic carbocycles. The van der Waals surface area contributed by atoms with Gasteiger partial charge in [0.25, 0.3) is 0 Å². The SMILES string of the molecule is O=C(O)c1ccoc1CNCCc1ccc(Cl)s1. The fraction of sp³-hybridized carbons (Fsp3) is 0.250. The van der Waals surface area contributed by atoms with Crippen molar-refractivity contribution in [3.8, 4) is 0 Å². The smallest absolute Gasteiger partial charge is 0.339 e. The van der Waals surface area contributed by atoms with Gasteiger partial charge in [0.05, 0.1) is 17.1 Å². The van der Waals surface area contributed by atoms with Gasteiger partial charge in [-0.05, 0) is 24.6 Å². The van der Waals surface area contributed by atoms with Crippen molar-refractivity contribution in [1.29, 1.82) is 0 Å². The van der Waals surface area contributed by atoms with Gasteiger partial charge in [-0.2, -0.15) is 0 Å². The number of aromatic carboxylic acids is 1. The van der Waals surface area contributed by atoms with Crippen molar-refractivity contribution in [2.75, 3.05) is 6.54 Å². The zero-order valence-electron chi connectivity index (χ0n) is 9.48. The molecule has 0 saturated heterocycles. The monoisotopic (exact) mass is 285 g/mol. The van der Waals surface area contributed by atoms with Gasteiger partial charge in [-0.25, -0.2) is 4.79 Å². The highest BCUT2D eigenvalue weighted by molar-refractivity contribution is 7.16. The van der Waals surface area contributed by atoms with Gasteiger partial charge < -0.3 is 14.8 Å². The van der Waals surface area contributed by atoms with Crippen LogP contribution in [0.25, 0.3) is 0 Å². The highest BCUT2D eigenvalue weighted by Crippen LogP contribution is 2.21. The van der Waals surface area contributed by atoms with Crippen molar-refractivity contribution in [1.82, 2.24) is 5.32 Å². The first kappa shape index (κ1) is 13.1. The Morgan fingerprint density at radius 1 is 1.44 bits per heavy atom. The summed E-state index contributed by atoms with van der Waals surface area (Å²) in [6.07, 6.45) is 2.25. The summed E-state index contributed by atoms with van der Waals surface area (Å²) < 4.78 is 5.90. The van der Waals surface area contributed by atoms with E-state index >= 15 is 0 Å². The predicted octanol–water partition coefficient (Wildman–Crippen LogP) is 3.03. The quantitative estimate of drug-likeness (QED) is 0.801. The second kappa shape index (κ2) is 6.04. The van der Waals surface area contributed by atoms with Crippen LogP contribution in [0.4, 0.5) is 0 Å². The van der Waals surface area contributed by atoms with Gasteiger partial charge in [0.2, 0.25) is 0 Å². The molecule has 4 nitrogen and oxygen atoms in total. The molecule has 2 aromatic rings. The van der Waals surface area contributed by atoms with Crippen LogP contribution in [0.3, 0.4) is 0 Å². The molecule has 2 N–H and O–H groups in total. The lowest BCUT2D eigenvalue weighted by Crippen LogP contribution is -2.17.